The Morgan fingerprint density at radius 1 is 1.47 bits per heavy atom. The Morgan fingerprint density at radius 2 is 2.21 bits per heavy atom. The number of rotatable bonds is 8. The number of likely N-dealkylation sites (N-methyl/N-ethyl adjacent to an activating group) is 1. The predicted octanol–water partition coefficient (Wildman–Crippen LogP) is 0.884. The molecule has 1 aliphatic rings. The molecule has 1 heterocycles. The van der Waals surface area contributed by atoms with E-state index in [1.165, 1.54) is 0 Å². The number of nitrogens with one attached hydrogen (secondary N) is 1. The number of ether oxygens (including phenoxy) is 2. The molecule has 1 rings (SSSR count). The van der Waals surface area contributed by atoms with Crippen molar-refractivity contribution < 1.29 is 14.3 Å². The largest absolute Gasteiger partial charge is 0.383 e. The summed E-state index contributed by atoms with van der Waals surface area (Å²) in [6.45, 7) is 9.52. The van der Waals surface area contributed by atoms with Gasteiger partial charge in [-0.25, -0.2) is 0 Å². The van der Waals surface area contributed by atoms with E-state index in [9.17, 15) is 4.79 Å². The molecule has 1 N–H and O–H groups in total. The second kappa shape index (κ2) is 8.51. The lowest BCUT2D eigenvalue weighted by atomic mass is 10.0. The van der Waals surface area contributed by atoms with Gasteiger partial charge < -0.3 is 19.7 Å². The number of amides is 1. The van der Waals surface area contributed by atoms with E-state index in [0.29, 0.717) is 26.4 Å². The van der Waals surface area contributed by atoms with Crippen molar-refractivity contribution in [2.24, 2.45) is 5.92 Å². The minimum Gasteiger partial charge on any atom is -0.383 e. The Bertz CT molecular complexity index is 273. The number of carbonyl (C=O) groups excluding carboxylic acids is 1. The van der Waals surface area contributed by atoms with Gasteiger partial charge in [0.1, 0.15) is 0 Å². The van der Waals surface area contributed by atoms with Gasteiger partial charge in [0, 0.05) is 19.7 Å². The number of methoxy groups -OCH3 is 1. The molecule has 0 saturated carbocycles. The van der Waals surface area contributed by atoms with Crippen LogP contribution in [-0.2, 0) is 14.3 Å². The topological polar surface area (TPSA) is 50.8 Å². The first-order chi connectivity index (χ1) is 9.15. The Morgan fingerprint density at radius 3 is 2.79 bits per heavy atom. The maximum absolute atomic E-state index is 12.6. The average molecular weight is 272 g/mol. The molecular weight excluding hydrogens is 244 g/mol. The summed E-state index contributed by atoms with van der Waals surface area (Å²) >= 11 is 0. The fraction of sp³-hybridized carbons (Fsp3) is 0.929. The molecule has 3 unspecified atom stereocenters. The van der Waals surface area contributed by atoms with Crippen LogP contribution in [0.3, 0.4) is 0 Å². The first kappa shape index (κ1) is 16.4. The number of nitrogens with zero attached hydrogens (tertiary/aromatic N) is 1. The van der Waals surface area contributed by atoms with Crippen LogP contribution in [0.5, 0.6) is 0 Å². The third-order valence-electron chi connectivity index (χ3n) is 3.62. The van der Waals surface area contributed by atoms with E-state index in [1.807, 2.05) is 18.7 Å². The lowest BCUT2D eigenvalue weighted by Crippen LogP contribution is -2.49. The Kier molecular flexibility index (Phi) is 7.34. The van der Waals surface area contributed by atoms with Crippen molar-refractivity contribution in [2.45, 2.75) is 39.3 Å². The van der Waals surface area contributed by atoms with Crippen LogP contribution in [0.15, 0.2) is 0 Å². The molecule has 112 valence electrons. The second-order valence-corrected chi connectivity index (χ2v) is 5.13. The standard InChI is InChI=1S/C14H28N2O3/c1-5-7-15-13-10-19-9-12(13)14(17)16(6-2)11(3)8-18-4/h11-13,15H,5-10H2,1-4H3. The molecule has 1 amide bonds. The zero-order valence-corrected chi connectivity index (χ0v) is 12.6. The van der Waals surface area contributed by atoms with E-state index < -0.39 is 0 Å². The first-order valence-corrected chi connectivity index (χ1v) is 7.26. The molecule has 1 fully saturated rings. The van der Waals surface area contributed by atoms with Crippen LogP contribution in [0.25, 0.3) is 0 Å². The first-order valence-electron chi connectivity index (χ1n) is 7.26. The van der Waals surface area contributed by atoms with Gasteiger partial charge in [-0.3, -0.25) is 4.79 Å². The van der Waals surface area contributed by atoms with Crippen molar-refractivity contribution in [1.29, 1.82) is 0 Å². The maximum atomic E-state index is 12.6. The summed E-state index contributed by atoms with van der Waals surface area (Å²) in [5, 5.41) is 3.41. The van der Waals surface area contributed by atoms with Gasteiger partial charge >= 0.3 is 0 Å². The highest BCUT2D eigenvalue weighted by atomic mass is 16.5. The van der Waals surface area contributed by atoms with Crippen molar-refractivity contribution >= 4 is 5.91 Å². The van der Waals surface area contributed by atoms with Crippen LogP contribution < -0.4 is 5.32 Å². The van der Waals surface area contributed by atoms with Gasteiger partial charge in [-0.05, 0) is 26.8 Å². The van der Waals surface area contributed by atoms with Crippen molar-refractivity contribution in [2.75, 3.05) is 40.0 Å². The molecule has 0 bridgehead atoms. The van der Waals surface area contributed by atoms with Gasteiger partial charge in [-0.1, -0.05) is 6.92 Å². The van der Waals surface area contributed by atoms with Crippen molar-refractivity contribution in [3.8, 4) is 0 Å². The summed E-state index contributed by atoms with van der Waals surface area (Å²) in [6, 6.07) is 0.256. The molecule has 0 radical (unpaired) electrons. The number of carbonyl (C=O) groups is 1. The fourth-order valence-corrected chi connectivity index (χ4v) is 2.56. The molecule has 3 atom stereocenters. The van der Waals surface area contributed by atoms with E-state index in [2.05, 4.69) is 12.2 Å². The van der Waals surface area contributed by atoms with Gasteiger partial charge in [0.2, 0.25) is 5.91 Å². The molecule has 1 saturated heterocycles. The van der Waals surface area contributed by atoms with Crippen molar-refractivity contribution in [3.05, 3.63) is 0 Å². The third kappa shape index (κ3) is 4.44. The lowest BCUT2D eigenvalue weighted by molar-refractivity contribution is -0.138. The predicted molar refractivity (Wildman–Crippen MR) is 75.1 cm³/mol. The molecule has 0 aromatic rings. The normalized spacial score (nSPS) is 24.4. The molecule has 0 aromatic heterocycles. The smallest absolute Gasteiger partial charge is 0.229 e. The van der Waals surface area contributed by atoms with Gasteiger partial charge in [0.05, 0.1) is 31.8 Å². The lowest BCUT2D eigenvalue weighted by Gasteiger charge is -2.31. The summed E-state index contributed by atoms with van der Waals surface area (Å²) in [5.74, 6) is 0.115. The SMILES string of the molecule is CCCNC1COCC1C(=O)N(CC)C(C)COC. The summed E-state index contributed by atoms with van der Waals surface area (Å²) in [7, 11) is 1.67. The molecule has 5 nitrogen and oxygen atoms in total. The molecular formula is C14H28N2O3. The zero-order chi connectivity index (χ0) is 14.3. The fourth-order valence-electron chi connectivity index (χ4n) is 2.56. The van der Waals surface area contributed by atoms with E-state index in [1.54, 1.807) is 7.11 Å². The van der Waals surface area contributed by atoms with Crippen LogP contribution in [-0.4, -0.2) is 62.9 Å². The van der Waals surface area contributed by atoms with E-state index in [4.69, 9.17) is 9.47 Å². The highest BCUT2D eigenvalue weighted by Crippen LogP contribution is 2.18. The minimum atomic E-state index is -0.0641. The highest BCUT2D eigenvalue weighted by molar-refractivity contribution is 5.80. The quantitative estimate of drug-likeness (QED) is 0.713. The number of hydrogen-bond acceptors (Lipinski definition) is 4. The number of hydrogen-bond donors (Lipinski definition) is 1. The highest BCUT2D eigenvalue weighted by Gasteiger charge is 2.36. The minimum absolute atomic E-state index is 0.0641. The molecule has 0 aliphatic carbocycles. The van der Waals surface area contributed by atoms with Gasteiger partial charge in [0.25, 0.3) is 0 Å². The van der Waals surface area contributed by atoms with E-state index in [0.717, 1.165) is 13.0 Å². The molecule has 0 aromatic carbocycles. The Hall–Kier alpha value is -0.650. The average Bonchev–Trinajstić information content (AvgIpc) is 2.85. The van der Waals surface area contributed by atoms with E-state index >= 15 is 0 Å². The molecule has 0 spiro atoms. The van der Waals surface area contributed by atoms with Crippen LogP contribution in [0.2, 0.25) is 0 Å². The van der Waals surface area contributed by atoms with Crippen LogP contribution in [0.1, 0.15) is 27.2 Å². The summed E-state index contributed by atoms with van der Waals surface area (Å²) in [4.78, 5) is 14.5. The summed E-state index contributed by atoms with van der Waals surface area (Å²) < 4.78 is 10.6. The maximum Gasteiger partial charge on any atom is 0.229 e. The Balaban J connectivity index is 2.62. The van der Waals surface area contributed by atoms with Crippen molar-refractivity contribution in [1.82, 2.24) is 10.2 Å². The van der Waals surface area contributed by atoms with Crippen molar-refractivity contribution in [3.63, 3.8) is 0 Å². The second-order valence-electron chi connectivity index (χ2n) is 5.13. The van der Waals surface area contributed by atoms with Gasteiger partial charge in [0.15, 0.2) is 0 Å². The third-order valence-corrected chi connectivity index (χ3v) is 3.62. The monoisotopic (exact) mass is 272 g/mol. The summed E-state index contributed by atoms with van der Waals surface area (Å²) in [6.07, 6.45) is 1.06. The van der Waals surface area contributed by atoms with E-state index in [-0.39, 0.29) is 23.9 Å². The van der Waals surface area contributed by atoms with Crippen LogP contribution in [0.4, 0.5) is 0 Å². The molecule has 5 heteroatoms. The van der Waals surface area contributed by atoms with Gasteiger partial charge in [-0.15, -0.1) is 0 Å². The molecule has 19 heavy (non-hydrogen) atoms. The van der Waals surface area contributed by atoms with Gasteiger partial charge in [-0.2, -0.15) is 0 Å². The van der Waals surface area contributed by atoms with Crippen LogP contribution in [0, 0.1) is 5.92 Å². The zero-order valence-electron chi connectivity index (χ0n) is 12.6. The van der Waals surface area contributed by atoms with Crippen LogP contribution >= 0.6 is 0 Å². The Labute approximate surface area is 116 Å². The molecule has 1 aliphatic heterocycles. The summed E-state index contributed by atoms with van der Waals surface area (Å²) in [5.41, 5.74) is 0.